The van der Waals surface area contributed by atoms with E-state index in [1.807, 2.05) is 13.8 Å². The first-order valence-electron chi connectivity index (χ1n) is 6.96. The number of nitrogens with zero attached hydrogens (tertiary/aromatic N) is 1. The number of hydrogen-bond acceptors (Lipinski definition) is 4. The molecule has 1 aromatic rings. The Balaban J connectivity index is 2.44. The molecule has 0 radical (unpaired) electrons. The summed E-state index contributed by atoms with van der Waals surface area (Å²) in [7, 11) is -3.80. The molecule has 1 heterocycles. The number of fused-ring (bicyclic) bond motifs is 1. The molecule has 21 heavy (non-hydrogen) atoms. The third-order valence-electron chi connectivity index (χ3n) is 3.72. The molecule has 116 valence electrons. The number of ether oxygens (including phenoxy) is 1. The van der Waals surface area contributed by atoms with Gasteiger partial charge in [-0.1, -0.05) is 0 Å². The summed E-state index contributed by atoms with van der Waals surface area (Å²) in [5.74, 6) is 0.172. The average molecular weight is 312 g/mol. The van der Waals surface area contributed by atoms with Crippen LogP contribution in [0.2, 0.25) is 0 Å². The van der Waals surface area contributed by atoms with Gasteiger partial charge in [-0.15, -0.1) is 0 Å². The molecule has 2 N–H and O–H groups in total. The molecule has 1 aromatic carbocycles. The molecule has 1 atom stereocenters. The number of carbonyl (C=O) groups is 1. The zero-order chi connectivity index (χ0) is 15.6. The molecule has 1 amide bonds. The first-order valence-corrected chi connectivity index (χ1v) is 8.51. The molecule has 2 rings (SSSR count). The maximum atomic E-state index is 12.6. The van der Waals surface area contributed by atoms with E-state index < -0.39 is 10.0 Å². The highest BCUT2D eigenvalue weighted by molar-refractivity contribution is 7.89. The minimum Gasteiger partial charge on any atom is -0.493 e. The summed E-state index contributed by atoms with van der Waals surface area (Å²) in [4.78, 5) is 14.3. The van der Waals surface area contributed by atoms with Crippen molar-refractivity contribution in [2.45, 2.75) is 31.1 Å². The van der Waals surface area contributed by atoms with Gasteiger partial charge in [0.1, 0.15) is 5.75 Å². The molecular weight excluding hydrogens is 292 g/mol. The highest BCUT2D eigenvalue weighted by Gasteiger charge is 2.31. The highest BCUT2D eigenvalue weighted by Crippen LogP contribution is 2.36. The molecule has 0 aliphatic carbocycles. The van der Waals surface area contributed by atoms with Crippen LogP contribution in [0.5, 0.6) is 5.75 Å². The fourth-order valence-electron chi connectivity index (χ4n) is 2.56. The second-order valence-electron chi connectivity index (χ2n) is 4.94. The number of benzene rings is 1. The van der Waals surface area contributed by atoms with Crippen LogP contribution in [0.25, 0.3) is 0 Å². The fraction of sp³-hybridized carbons (Fsp3) is 0.500. The summed E-state index contributed by atoms with van der Waals surface area (Å²) in [6.45, 7) is 5.53. The minimum atomic E-state index is -3.80. The first-order chi connectivity index (χ1) is 9.88. The van der Waals surface area contributed by atoms with Crippen LogP contribution in [0.4, 0.5) is 0 Å². The van der Waals surface area contributed by atoms with Crippen molar-refractivity contribution < 1.29 is 17.9 Å². The van der Waals surface area contributed by atoms with E-state index in [2.05, 4.69) is 0 Å². The average Bonchev–Trinajstić information content (AvgIpc) is 2.46. The van der Waals surface area contributed by atoms with Gasteiger partial charge in [0.2, 0.25) is 15.9 Å². The number of hydrogen-bond donors (Lipinski definition) is 1. The molecule has 1 aliphatic rings. The van der Waals surface area contributed by atoms with Gasteiger partial charge < -0.3 is 9.64 Å². The molecule has 1 aliphatic heterocycles. The van der Waals surface area contributed by atoms with Crippen LogP contribution in [0.15, 0.2) is 23.1 Å². The maximum Gasteiger partial charge on any atom is 0.238 e. The zero-order valence-corrected chi connectivity index (χ0v) is 13.0. The molecule has 0 fully saturated rings. The Hall–Kier alpha value is -1.60. The van der Waals surface area contributed by atoms with E-state index in [0.717, 1.165) is 0 Å². The lowest BCUT2D eigenvalue weighted by Gasteiger charge is -2.30. The topological polar surface area (TPSA) is 89.7 Å². The number of rotatable bonds is 4. The Bertz CT molecular complexity index is 638. The summed E-state index contributed by atoms with van der Waals surface area (Å²) < 4.78 is 28.5. The van der Waals surface area contributed by atoms with Crippen LogP contribution in [-0.4, -0.2) is 38.9 Å². The minimum absolute atomic E-state index is 0.00359. The Morgan fingerprint density at radius 2 is 2.05 bits per heavy atom. The number of primary sulfonamides is 1. The molecule has 0 saturated heterocycles. The zero-order valence-electron chi connectivity index (χ0n) is 12.2. The smallest absolute Gasteiger partial charge is 0.238 e. The summed E-state index contributed by atoms with van der Waals surface area (Å²) in [6, 6.07) is 4.42. The lowest BCUT2D eigenvalue weighted by atomic mass is 9.91. The second kappa shape index (κ2) is 6.03. The molecule has 0 bridgehead atoms. The van der Waals surface area contributed by atoms with Crippen molar-refractivity contribution in [1.82, 2.24) is 4.90 Å². The predicted octanol–water partition coefficient (Wildman–Crippen LogP) is 1.07. The monoisotopic (exact) mass is 312 g/mol. The predicted molar refractivity (Wildman–Crippen MR) is 78.6 cm³/mol. The van der Waals surface area contributed by atoms with Crippen LogP contribution in [0, 0.1) is 0 Å². The summed E-state index contributed by atoms with van der Waals surface area (Å²) in [5, 5.41) is 5.16. The van der Waals surface area contributed by atoms with Gasteiger partial charge in [0.15, 0.2) is 0 Å². The third kappa shape index (κ3) is 3.19. The molecule has 1 unspecified atom stereocenters. The Morgan fingerprint density at radius 3 is 2.62 bits per heavy atom. The van der Waals surface area contributed by atoms with E-state index in [-0.39, 0.29) is 16.7 Å². The van der Waals surface area contributed by atoms with Crippen molar-refractivity contribution in [3.63, 3.8) is 0 Å². The van der Waals surface area contributed by atoms with Crippen molar-refractivity contribution in [3.05, 3.63) is 23.8 Å². The molecule has 6 nitrogen and oxygen atoms in total. The number of likely N-dealkylation sites (N-methyl/N-ethyl adjacent to an activating group) is 1. The molecule has 0 spiro atoms. The van der Waals surface area contributed by atoms with E-state index in [1.165, 1.54) is 12.1 Å². The van der Waals surface area contributed by atoms with Gasteiger partial charge in [-0.3, -0.25) is 4.79 Å². The Kier molecular flexibility index (Phi) is 4.53. The third-order valence-corrected chi connectivity index (χ3v) is 4.63. The van der Waals surface area contributed by atoms with E-state index in [1.54, 1.807) is 11.0 Å². The van der Waals surface area contributed by atoms with E-state index >= 15 is 0 Å². The van der Waals surface area contributed by atoms with Crippen molar-refractivity contribution >= 4 is 15.9 Å². The van der Waals surface area contributed by atoms with E-state index in [0.29, 0.717) is 37.4 Å². The van der Waals surface area contributed by atoms with Gasteiger partial charge in [0.05, 0.1) is 17.4 Å². The van der Waals surface area contributed by atoms with Crippen LogP contribution >= 0.6 is 0 Å². The van der Waals surface area contributed by atoms with E-state index in [9.17, 15) is 13.2 Å². The molecule has 0 aromatic heterocycles. The van der Waals surface area contributed by atoms with Crippen molar-refractivity contribution in [3.8, 4) is 5.75 Å². The normalized spacial score (nSPS) is 17.8. The van der Waals surface area contributed by atoms with Gasteiger partial charge >= 0.3 is 0 Å². The number of sulfonamides is 1. The van der Waals surface area contributed by atoms with Gasteiger partial charge in [0, 0.05) is 18.7 Å². The van der Waals surface area contributed by atoms with Gasteiger partial charge in [-0.2, -0.15) is 0 Å². The first kappa shape index (κ1) is 15.8. The second-order valence-corrected chi connectivity index (χ2v) is 6.51. The van der Waals surface area contributed by atoms with E-state index in [4.69, 9.17) is 9.88 Å². The number of carbonyl (C=O) groups excluding carboxylic acids is 1. The quantitative estimate of drug-likeness (QED) is 0.900. The van der Waals surface area contributed by atoms with Gasteiger partial charge in [-0.05, 0) is 38.5 Å². The number of nitrogens with two attached hydrogens (primary N) is 1. The van der Waals surface area contributed by atoms with Crippen LogP contribution < -0.4 is 9.88 Å². The van der Waals surface area contributed by atoms with Crippen LogP contribution in [0.1, 0.15) is 31.7 Å². The van der Waals surface area contributed by atoms with Crippen molar-refractivity contribution in [2.24, 2.45) is 5.14 Å². The van der Waals surface area contributed by atoms with Gasteiger partial charge in [0.25, 0.3) is 0 Å². The largest absolute Gasteiger partial charge is 0.493 e. The maximum absolute atomic E-state index is 12.6. The van der Waals surface area contributed by atoms with Crippen molar-refractivity contribution in [2.75, 3.05) is 19.7 Å². The summed E-state index contributed by atoms with van der Waals surface area (Å²) >= 11 is 0. The lowest BCUT2D eigenvalue weighted by molar-refractivity contribution is -0.133. The van der Waals surface area contributed by atoms with Crippen LogP contribution in [-0.2, 0) is 14.8 Å². The molecular formula is C14H20N2O4S. The Labute approximate surface area is 124 Å². The SMILES string of the molecule is CCN(CC)C(=O)C1CCOc2ccc(S(N)(=O)=O)cc21. The number of amides is 1. The van der Waals surface area contributed by atoms with Gasteiger partial charge in [-0.25, -0.2) is 13.6 Å². The highest BCUT2D eigenvalue weighted by atomic mass is 32.2. The summed E-state index contributed by atoms with van der Waals surface area (Å²) in [5.41, 5.74) is 0.602. The lowest BCUT2D eigenvalue weighted by Crippen LogP contribution is -2.36. The Morgan fingerprint density at radius 1 is 1.38 bits per heavy atom. The molecule has 7 heteroatoms. The van der Waals surface area contributed by atoms with Crippen LogP contribution in [0.3, 0.4) is 0 Å². The standard InChI is InChI=1S/C14H20N2O4S/c1-3-16(4-2)14(17)11-7-8-20-13-6-5-10(9-12(11)13)21(15,18)19/h5-6,9,11H,3-4,7-8H2,1-2H3,(H2,15,18,19). The fourth-order valence-corrected chi connectivity index (χ4v) is 3.11. The van der Waals surface area contributed by atoms with Crippen molar-refractivity contribution in [1.29, 1.82) is 0 Å². The summed E-state index contributed by atoms with van der Waals surface area (Å²) in [6.07, 6.45) is 0.538. The molecule has 0 saturated carbocycles.